The van der Waals surface area contributed by atoms with Gasteiger partial charge in [-0.3, -0.25) is 9.48 Å². The zero-order valence-electron chi connectivity index (χ0n) is 14.2. The van der Waals surface area contributed by atoms with Crippen molar-refractivity contribution in [3.05, 3.63) is 17.5 Å². The van der Waals surface area contributed by atoms with Crippen LogP contribution >= 0.6 is 0 Å². The molecule has 0 aromatic carbocycles. The van der Waals surface area contributed by atoms with Gasteiger partial charge in [-0.05, 0) is 32.0 Å². The van der Waals surface area contributed by atoms with Gasteiger partial charge in [-0.25, -0.2) is 0 Å². The van der Waals surface area contributed by atoms with Crippen LogP contribution in [0.25, 0.3) is 0 Å². The van der Waals surface area contributed by atoms with E-state index in [0.717, 1.165) is 38.5 Å². The second kappa shape index (κ2) is 8.00. The molecule has 0 atom stereocenters. The minimum absolute atomic E-state index is 0.136. The molecule has 1 amide bonds. The number of carbonyl (C=O) groups is 1. The summed E-state index contributed by atoms with van der Waals surface area (Å²) in [4.78, 5) is 14.1. The molecule has 0 saturated heterocycles. The summed E-state index contributed by atoms with van der Waals surface area (Å²) in [5.41, 5.74) is -0.274. The molecule has 1 aliphatic carbocycles. The van der Waals surface area contributed by atoms with E-state index in [4.69, 9.17) is 0 Å². The van der Waals surface area contributed by atoms with Gasteiger partial charge in [0, 0.05) is 37.7 Å². The van der Waals surface area contributed by atoms with E-state index in [-0.39, 0.29) is 24.8 Å². The lowest BCUT2D eigenvalue weighted by atomic mass is 10.2. The lowest BCUT2D eigenvalue weighted by Crippen LogP contribution is -2.35. The van der Waals surface area contributed by atoms with Crippen LogP contribution in [0.4, 0.5) is 13.2 Å². The Morgan fingerprint density at radius 1 is 1.38 bits per heavy atom. The molecule has 2 rings (SSSR count). The van der Waals surface area contributed by atoms with E-state index in [1.807, 2.05) is 0 Å². The first-order valence-electron chi connectivity index (χ1n) is 8.49. The van der Waals surface area contributed by atoms with Gasteiger partial charge in [0.25, 0.3) is 0 Å². The third-order valence-electron chi connectivity index (χ3n) is 4.29. The minimum atomic E-state index is -4.44. The van der Waals surface area contributed by atoms with Gasteiger partial charge in [0.05, 0.1) is 0 Å². The zero-order chi connectivity index (χ0) is 17.7. The molecule has 8 heteroatoms. The van der Waals surface area contributed by atoms with Crippen LogP contribution in [0.1, 0.15) is 50.4 Å². The van der Waals surface area contributed by atoms with Crippen molar-refractivity contribution in [1.82, 2.24) is 20.0 Å². The molecule has 1 fully saturated rings. The number of aryl methyl sites for hydroxylation is 1. The predicted molar refractivity (Wildman–Crippen MR) is 84.6 cm³/mol. The summed E-state index contributed by atoms with van der Waals surface area (Å²) in [7, 11) is 0. The van der Waals surface area contributed by atoms with Gasteiger partial charge in [-0.1, -0.05) is 13.8 Å². The van der Waals surface area contributed by atoms with E-state index in [1.54, 1.807) is 0 Å². The molecule has 1 aromatic heterocycles. The van der Waals surface area contributed by atoms with Crippen molar-refractivity contribution < 1.29 is 18.0 Å². The van der Waals surface area contributed by atoms with E-state index < -0.39 is 11.9 Å². The topological polar surface area (TPSA) is 50.2 Å². The smallest absolute Gasteiger partial charge is 0.355 e. The Morgan fingerprint density at radius 2 is 2.04 bits per heavy atom. The van der Waals surface area contributed by atoms with Gasteiger partial charge >= 0.3 is 6.18 Å². The van der Waals surface area contributed by atoms with Crippen molar-refractivity contribution in [2.45, 2.75) is 51.7 Å². The number of likely N-dealkylation sites (N-methyl/N-ethyl adjacent to an activating group) is 1. The summed E-state index contributed by atoms with van der Waals surface area (Å²) < 4.78 is 39.8. The molecular weight excluding hydrogens is 321 g/mol. The lowest BCUT2D eigenvalue weighted by Gasteiger charge is -2.18. The molecule has 0 aliphatic heterocycles. The van der Waals surface area contributed by atoms with Crippen molar-refractivity contribution >= 4 is 5.91 Å². The molecule has 24 heavy (non-hydrogen) atoms. The van der Waals surface area contributed by atoms with Crippen LogP contribution in [0.15, 0.2) is 6.07 Å². The Kier molecular flexibility index (Phi) is 6.26. The standard InChI is InChI=1S/C16H25F3N4O/c1-3-22(4-2)10-8-20-15(24)7-9-23-13(12-5-6-12)11-14(21-23)16(17,18)19/h11-12H,3-10H2,1-2H3,(H,20,24). The molecule has 136 valence electrons. The van der Waals surface area contributed by atoms with Gasteiger partial charge in [-0.15, -0.1) is 0 Å². The Bertz CT molecular complexity index is 548. The highest BCUT2D eigenvalue weighted by atomic mass is 19.4. The van der Waals surface area contributed by atoms with Gasteiger partial charge in [0.15, 0.2) is 5.69 Å². The van der Waals surface area contributed by atoms with Gasteiger partial charge in [0.2, 0.25) is 5.91 Å². The average Bonchev–Trinajstić information content (AvgIpc) is 3.27. The number of alkyl halides is 3. The quantitative estimate of drug-likeness (QED) is 0.748. The molecule has 5 nitrogen and oxygen atoms in total. The summed E-state index contributed by atoms with van der Waals surface area (Å²) in [5.74, 6) is -0.00714. The maximum atomic E-state index is 12.8. The SMILES string of the molecule is CCN(CC)CCNC(=O)CCn1nc(C(F)(F)F)cc1C1CC1. The van der Waals surface area contributed by atoms with E-state index in [0.29, 0.717) is 12.2 Å². The Hall–Kier alpha value is -1.57. The Balaban J connectivity index is 1.85. The van der Waals surface area contributed by atoms with Crippen LogP contribution in [0.2, 0.25) is 0 Å². The van der Waals surface area contributed by atoms with E-state index >= 15 is 0 Å². The first kappa shape index (κ1) is 18.8. The van der Waals surface area contributed by atoms with Gasteiger partial charge in [0.1, 0.15) is 0 Å². The summed E-state index contributed by atoms with van der Waals surface area (Å²) in [6.07, 6.45) is -2.53. The van der Waals surface area contributed by atoms with Crippen LogP contribution in [0, 0.1) is 0 Å². The number of amides is 1. The van der Waals surface area contributed by atoms with E-state index in [1.165, 1.54) is 4.68 Å². The molecule has 0 radical (unpaired) electrons. The van der Waals surface area contributed by atoms with E-state index in [9.17, 15) is 18.0 Å². The van der Waals surface area contributed by atoms with Gasteiger partial charge in [-0.2, -0.15) is 18.3 Å². The summed E-state index contributed by atoms with van der Waals surface area (Å²) in [6.45, 7) is 7.45. The molecule has 1 heterocycles. The predicted octanol–water partition coefficient (Wildman–Crippen LogP) is 2.63. The maximum absolute atomic E-state index is 12.8. The largest absolute Gasteiger partial charge is 0.435 e. The van der Waals surface area contributed by atoms with Crippen molar-refractivity contribution in [3.63, 3.8) is 0 Å². The van der Waals surface area contributed by atoms with Crippen LogP contribution in [0.5, 0.6) is 0 Å². The molecule has 1 saturated carbocycles. The summed E-state index contributed by atoms with van der Waals surface area (Å²) in [6, 6.07) is 1.12. The second-order valence-corrected chi connectivity index (χ2v) is 6.08. The summed E-state index contributed by atoms with van der Waals surface area (Å²) in [5, 5.41) is 6.46. The third kappa shape index (κ3) is 5.22. The van der Waals surface area contributed by atoms with Crippen LogP contribution in [0.3, 0.4) is 0 Å². The zero-order valence-corrected chi connectivity index (χ0v) is 14.2. The third-order valence-corrected chi connectivity index (χ3v) is 4.29. The highest BCUT2D eigenvalue weighted by molar-refractivity contribution is 5.75. The number of hydrogen-bond donors (Lipinski definition) is 1. The number of nitrogens with one attached hydrogen (secondary N) is 1. The number of nitrogens with zero attached hydrogens (tertiary/aromatic N) is 3. The monoisotopic (exact) mass is 346 g/mol. The fraction of sp³-hybridized carbons (Fsp3) is 0.750. The second-order valence-electron chi connectivity index (χ2n) is 6.08. The fourth-order valence-corrected chi connectivity index (χ4v) is 2.65. The molecule has 1 aliphatic rings. The van der Waals surface area contributed by atoms with Crippen molar-refractivity contribution in [2.24, 2.45) is 0 Å². The first-order valence-corrected chi connectivity index (χ1v) is 8.49. The van der Waals surface area contributed by atoms with Crippen molar-refractivity contribution in [2.75, 3.05) is 26.2 Å². The molecule has 1 aromatic rings. The lowest BCUT2D eigenvalue weighted by molar-refractivity contribution is -0.141. The van der Waals surface area contributed by atoms with Crippen LogP contribution < -0.4 is 5.32 Å². The number of aromatic nitrogens is 2. The molecule has 1 N–H and O–H groups in total. The first-order chi connectivity index (χ1) is 11.3. The minimum Gasteiger partial charge on any atom is -0.355 e. The van der Waals surface area contributed by atoms with Crippen molar-refractivity contribution in [3.8, 4) is 0 Å². The number of carbonyl (C=O) groups excluding carboxylic acids is 1. The molecule has 0 bridgehead atoms. The normalized spacial score (nSPS) is 15.1. The fourth-order valence-electron chi connectivity index (χ4n) is 2.65. The molecule has 0 spiro atoms. The van der Waals surface area contributed by atoms with Crippen LogP contribution in [-0.2, 0) is 17.5 Å². The highest BCUT2D eigenvalue weighted by Crippen LogP contribution is 2.42. The Labute approximate surface area is 140 Å². The average molecular weight is 346 g/mol. The maximum Gasteiger partial charge on any atom is 0.435 e. The molecular formula is C16H25F3N4O. The summed E-state index contributed by atoms with van der Waals surface area (Å²) >= 11 is 0. The molecule has 0 unspecified atom stereocenters. The Morgan fingerprint density at radius 3 is 2.58 bits per heavy atom. The number of hydrogen-bond acceptors (Lipinski definition) is 3. The van der Waals surface area contributed by atoms with Gasteiger partial charge < -0.3 is 10.2 Å². The highest BCUT2D eigenvalue weighted by Gasteiger charge is 2.37. The number of halogens is 3. The van der Waals surface area contributed by atoms with E-state index in [2.05, 4.69) is 29.2 Å². The van der Waals surface area contributed by atoms with Crippen LogP contribution in [-0.4, -0.2) is 46.8 Å². The van der Waals surface area contributed by atoms with Crippen molar-refractivity contribution in [1.29, 1.82) is 0 Å². The number of rotatable bonds is 9.